The molecule has 0 aromatic heterocycles. The van der Waals surface area contributed by atoms with Crippen LogP contribution in [0.1, 0.15) is 26.3 Å². The van der Waals surface area contributed by atoms with E-state index in [1.807, 2.05) is 30.3 Å². The summed E-state index contributed by atoms with van der Waals surface area (Å²) in [5.74, 6) is -0.707. The van der Waals surface area contributed by atoms with Crippen LogP contribution in [0.2, 0.25) is 0 Å². The second-order valence-electron chi connectivity index (χ2n) is 5.47. The van der Waals surface area contributed by atoms with Crippen molar-refractivity contribution in [3.63, 3.8) is 0 Å². The number of esters is 1. The van der Waals surface area contributed by atoms with E-state index in [2.05, 4.69) is 5.32 Å². The number of benzene rings is 1. The summed E-state index contributed by atoms with van der Waals surface area (Å²) in [7, 11) is 0. The summed E-state index contributed by atoms with van der Waals surface area (Å²) in [6.45, 7) is 4.63. The molecule has 6 nitrogen and oxygen atoms in total. The molecule has 0 saturated heterocycles. The average Bonchev–Trinajstić information content (AvgIpc) is 2.41. The SMILES string of the molecule is CC(C)(C)OC(=O)C(CO)NC(=O)OCc1ccccc1. The third kappa shape index (κ3) is 6.76. The molecule has 0 heterocycles. The van der Waals surface area contributed by atoms with Crippen LogP contribution in [0.15, 0.2) is 30.3 Å². The lowest BCUT2D eigenvalue weighted by atomic mass is 10.2. The van der Waals surface area contributed by atoms with Gasteiger partial charge in [0.2, 0.25) is 0 Å². The summed E-state index contributed by atoms with van der Waals surface area (Å²) in [6.07, 6.45) is -0.788. The topological polar surface area (TPSA) is 84.9 Å². The third-order valence-electron chi connectivity index (χ3n) is 2.38. The first-order valence-electron chi connectivity index (χ1n) is 6.63. The summed E-state index contributed by atoms with van der Waals surface area (Å²) in [4.78, 5) is 23.4. The van der Waals surface area contributed by atoms with E-state index in [1.54, 1.807) is 20.8 Å². The number of carbonyl (C=O) groups excluding carboxylic acids is 2. The van der Waals surface area contributed by atoms with Crippen molar-refractivity contribution in [2.24, 2.45) is 0 Å². The highest BCUT2D eigenvalue weighted by Gasteiger charge is 2.26. The van der Waals surface area contributed by atoms with Crippen LogP contribution in [-0.2, 0) is 20.9 Å². The molecule has 1 aromatic carbocycles. The minimum atomic E-state index is -1.15. The zero-order valence-corrected chi connectivity index (χ0v) is 12.5. The molecule has 0 bridgehead atoms. The third-order valence-corrected chi connectivity index (χ3v) is 2.38. The van der Waals surface area contributed by atoms with Gasteiger partial charge in [0, 0.05) is 0 Å². The predicted octanol–water partition coefficient (Wildman–Crippen LogP) is 1.62. The van der Waals surface area contributed by atoms with E-state index >= 15 is 0 Å². The molecule has 1 unspecified atom stereocenters. The van der Waals surface area contributed by atoms with Crippen molar-refractivity contribution in [2.75, 3.05) is 6.61 Å². The molecule has 0 spiro atoms. The van der Waals surface area contributed by atoms with Gasteiger partial charge in [-0.2, -0.15) is 0 Å². The molecular weight excluding hydrogens is 274 g/mol. The number of hydrogen-bond donors (Lipinski definition) is 2. The van der Waals surface area contributed by atoms with Crippen molar-refractivity contribution >= 4 is 12.1 Å². The van der Waals surface area contributed by atoms with Crippen molar-refractivity contribution in [1.29, 1.82) is 0 Å². The average molecular weight is 295 g/mol. The number of ether oxygens (including phenoxy) is 2. The molecule has 0 saturated carbocycles. The standard InChI is InChI=1S/C15H21NO5/c1-15(2,3)21-13(18)12(9-17)16-14(19)20-10-11-7-5-4-6-8-11/h4-8,12,17H,9-10H2,1-3H3,(H,16,19). The van der Waals surface area contributed by atoms with Gasteiger partial charge in [0.15, 0.2) is 6.04 Å². The second kappa shape index (κ2) is 7.64. The Hall–Kier alpha value is -2.08. The summed E-state index contributed by atoms with van der Waals surface area (Å²) in [5, 5.41) is 11.4. The minimum Gasteiger partial charge on any atom is -0.458 e. The number of carbonyl (C=O) groups is 2. The number of alkyl carbamates (subject to hydrolysis) is 1. The van der Waals surface area contributed by atoms with Gasteiger partial charge in [-0.05, 0) is 26.3 Å². The Bertz CT molecular complexity index is 467. The van der Waals surface area contributed by atoms with Crippen LogP contribution in [0.5, 0.6) is 0 Å². The van der Waals surface area contributed by atoms with E-state index < -0.39 is 30.3 Å². The molecule has 0 radical (unpaired) electrons. The highest BCUT2D eigenvalue weighted by molar-refractivity contribution is 5.81. The van der Waals surface area contributed by atoms with Gasteiger partial charge in [0.1, 0.15) is 12.2 Å². The van der Waals surface area contributed by atoms with E-state index in [0.717, 1.165) is 5.56 Å². The maximum atomic E-state index is 11.7. The van der Waals surface area contributed by atoms with E-state index in [1.165, 1.54) is 0 Å². The molecule has 6 heteroatoms. The quantitative estimate of drug-likeness (QED) is 0.806. The summed E-state index contributed by atoms with van der Waals surface area (Å²) in [6, 6.07) is 7.98. The molecule has 1 atom stereocenters. The first-order valence-corrected chi connectivity index (χ1v) is 6.63. The molecule has 2 N–H and O–H groups in total. The molecular formula is C15H21NO5. The van der Waals surface area contributed by atoms with Crippen molar-refractivity contribution in [3.05, 3.63) is 35.9 Å². The van der Waals surface area contributed by atoms with Gasteiger partial charge in [-0.15, -0.1) is 0 Å². The Labute approximate surface area is 124 Å². The lowest BCUT2D eigenvalue weighted by molar-refractivity contribution is -0.158. The Morgan fingerprint density at radius 3 is 2.38 bits per heavy atom. The van der Waals surface area contributed by atoms with Gasteiger partial charge in [-0.3, -0.25) is 0 Å². The predicted molar refractivity (Wildman–Crippen MR) is 76.5 cm³/mol. The molecule has 1 amide bonds. The zero-order chi connectivity index (χ0) is 15.9. The fourth-order valence-corrected chi connectivity index (χ4v) is 1.46. The van der Waals surface area contributed by atoms with E-state index in [4.69, 9.17) is 14.6 Å². The van der Waals surface area contributed by atoms with Crippen LogP contribution in [0.3, 0.4) is 0 Å². The number of rotatable bonds is 5. The number of aliphatic hydroxyl groups is 1. The fraction of sp³-hybridized carbons (Fsp3) is 0.467. The molecule has 1 rings (SSSR count). The number of nitrogens with one attached hydrogen (secondary N) is 1. The van der Waals surface area contributed by atoms with E-state index in [-0.39, 0.29) is 6.61 Å². The highest BCUT2D eigenvalue weighted by Crippen LogP contribution is 2.08. The maximum Gasteiger partial charge on any atom is 0.408 e. The molecule has 21 heavy (non-hydrogen) atoms. The Balaban J connectivity index is 2.45. The van der Waals surface area contributed by atoms with Crippen LogP contribution < -0.4 is 5.32 Å². The first kappa shape index (κ1) is 17.0. The molecule has 1 aromatic rings. The Kier molecular flexibility index (Phi) is 6.17. The lowest BCUT2D eigenvalue weighted by Gasteiger charge is -2.23. The monoisotopic (exact) mass is 295 g/mol. The van der Waals surface area contributed by atoms with Gasteiger partial charge in [-0.1, -0.05) is 30.3 Å². The number of amides is 1. The van der Waals surface area contributed by atoms with Crippen LogP contribution in [0.25, 0.3) is 0 Å². The van der Waals surface area contributed by atoms with Gasteiger partial charge >= 0.3 is 12.1 Å². The van der Waals surface area contributed by atoms with Crippen LogP contribution >= 0.6 is 0 Å². The molecule has 0 aliphatic rings. The minimum absolute atomic E-state index is 0.0825. The van der Waals surface area contributed by atoms with Gasteiger partial charge < -0.3 is 19.9 Å². The maximum absolute atomic E-state index is 11.7. The highest BCUT2D eigenvalue weighted by atomic mass is 16.6. The summed E-state index contributed by atoms with van der Waals surface area (Å²) in [5.41, 5.74) is 0.130. The van der Waals surface area contributed by atoms with Crippen LogP contribution in [-0.4, -0.2) is 35.4 Å². The summed E-state index contributed by atoms with van der Waals surface area (Å²) < 4.78 is 10.1. The second-order valence-corrected chi connectivity index (χ2v) is 5.47. The Morgan fingerprint density at radius 1 is 1.24 bits per heavy atom. The van der Waals surface area contributed by atoms with Gasteiger partial charge in [0.05, 0.1) is 6.61 Å². The van der Waals surface area contributed by atoms with Crippen molar-refractivity contribution in [3.8, 4) is 0 Å². The van der Waals surface area contributed by atoms with Crippen molar-refractivity contribution in [2.45, 2.75) is 39.0 Å². The van der Waals surface area contributed by atoms with Gasteiger partial charge in [-0.25, -0.2) is 9.59 Å². The smallest absolute Gasteiger partial charge is 0.408 e. The molecule has 0 aliphatic heterocycles. The zero-order valence-electron chi connectivity index (χ0n) is 12.5. The number of hydrogen-bond acceptors (Lipinski definition) is 5. The van der Waals surface area contributed by atoms with Gasteiger partial charge in [0.25, 0.3) is 0 Å². The number of aliphatic hydroxyl groups excluding tert-OH is 1. The summed E-state index contributed by atoms with van der Waals surface area (Å²) >= 11 is 0. The molecule has 0 fully saturated rings. The van der Waals surface area contributed by atoms with E-state index in [0.29, 0.717) is 0 Å². The first-order chi connectivity index (χ1) is 9.81. The fourth-order valence-electron chi connectivity index (χ4n) is 1.46. The molecule has 116 valence electrons. The van der Waals surface area contributed by atoms with Crippen LogP contribution in [0, 0.1) is 0 Å². The normalized spacial score (nSPS) is 12.4. The largest absolute Gasteiger partial charge is 0.458 e. The van der Waals surface area contributed by atoms with Crippen LogP contribution in [0.4, 0.5) is 4.79 Å². The van der Waals surface area contributed by atoms with Crippen molar-refractivity contribution in [1.82, 2.24) is 5.32 Å². The van der Waals surface area contributed by atoms with Crippen molar-refractivity contribution < 1.29 is 24.2 Å². The Morgan fingerprint density at radius 2 is 1.86 bits per heavy atom. The molecule has 0 aliphatic carbocycles. The van der Waals surface area contributed by atoms with E-state index in [9.17, 15) is 9.59 Å². The lowest BCUT2D eigenvalue weighted by Crippen LogP contribution is -2.46.